The molecule has 1 fully saturated rings. The number of rotatable bonds is 5. The largest absolute Gasteiger partial charge is 0.381 e. The van der Waals surface area contributed by atoms with Crippen molar-refractivity contribution in [1.29, 1.82) is 0 Å². The van der Waals surface area contributed by atoms with Crippen molar-refractivity contribution in [2.45, 2.75) is 20.3 Å². The number of nitrogens with zero attached hydrogens (tertiary/aromatic N) is 2. The molecule has 2 heterocycles. The third-order valence-electron chi connectivity index (χ3n) is 4.25. The number of aromatic nitrogens is 1. The van der Waals surface area contributed by atoms with Gasteiger partial charge >= 0.3 is 0 Å². The summed E-state index contributed by atoms with van der Waals surface area (Å²) in [4.78, 5) is 19.9. The molecule has 0 aliphatic carbocycles. The summed E-state index contributed by atoms with van der Waals surface area (Å²) in [5, 5.41) is 0.746. The molecule has 128 valence electrons. The first-order valence-electron chi connectivity index (χ1n) is 8.19. The highest BCUT2D eigenvalue weighted by Crippen LogP contribution is 2.29. The lowest BCUT2D eigenvalue weighted by Crippen LogP contribution is -2.35. The summed E-state index contributed by atoms with van der Waals surface area (Å²) in [6.07, 6.45) is 1.01. The Morgan fingerprint density at radius 3 is 2.79 bits per heavy atom. The maximum Gasteiger partial charge on any atom is 0.265 e. The van der Waals surface area contributed by atoms with Crippen LogP contribution in [0.15, 0.2) is 24.3 Å². The van der Waals surface area contributed by atoms with E-state index in [1.54, 1.807) is 12.1 Å². The Bertz CT molecular complexity index is 708. The van der Waals surface area contributed by atoms with Crippen LogP contribution in [0.4, 0.5) is 4.39 Å². The zero-order valence-electron chi connectivity index (χ0n) is 13.9. The van der Waals surface area contributed by atoms with E-state index in [0.29, 0.717) is 17.3 Å². The minimum atomic E-state index is -0.278. The zero-order chi connectivity index (χ0) is 17.1. The van der Waals surface area contributed by atoms with E-state index in [-0.39, 0.29) is 11.7 Å². The Morgan fingerprint density at radius 2 is 2.17 bits per heavy atom. The van der Waals surface area contributed by atoms with E-state index in [4.69, 9.17) is 4.74 Å². The second-order valence-electron chi connectivity index (χ2n) is 6.01. The molecule has 1 aliphatic heterocycles. The SMILES string of the molecule is CCN(CC1CCOC1)C(=O)c1sc(-c2ccc(F)cc2)nc1C. The van der Waals surface area contributed by atoms with E-state index >= 15 is 0 Å². The third-order valence-corrected chi connectivity index (χ3v) is 5.45. The molecule has 24 heavy (non-hydrogen) atoms. The van der Waals surface area contributed by atoms with E-state index in [1.807, 2.05) is 18.7 Å². The molecule has 0 N–H and O–H groups in total. The number of aryl methyl sites for hydroxylation is 1. The summed E-state index contributed by atoms with van der Waals surface area (Å²) >= 11 is 1.37. The number of benzene rings is 1. The summed E-state index contributed by atoms with van der Waals surface area (Å²) in [6, 6.07) is 6.20. The van der Waals surface area contributed by atoms with Crippen LogP contribution in [0.25, 0.3) is 10.6 Å². The van der Waals surface area contributed by atoms with Crippen molar-refractivity contribution in [2.24, 2.45) is 5.92 Å². The number of carbonyl (C=O) groups excluding carboxylic acids is 1. The highest BCUT2D eigenvalue weighted by atomic mass is 32.1. The van der Waals surface area contributed by atoms with Gasteiger partial charge in [0.25, 0.3) is 5.91 Å². The van der Waals surface area contributed by atoms with E-state index in [9.17, 15) is 9.18 Å². The van der Waals surface area contributed by atoms with Crippen LogP contribution in [0.2, 0.25) is 0 Å². The summed E-state index contributed by atoms with van der Waals surface area (Å²) in [7, 11) is 0. The standard InChI is InChI=1S/C18H21FN2O2S/c1-3-21(10-13-8-9-23-11-13)18(22)16-12(2)20-17(24-16)14-4-6-15(19)7-5-14/h4-7,13H,3,8-11H2,1-2H3. The number of hydrogen-bond acceptors (Lipinski definition) is 4. The average Bonchev–Trinajstić information content (AvgIpc) is 3.22. The molecule has 1 aliphatic rings. The number of thiazole rings is 1. The van der Waals surface area contributed by atoms with E-state index in [0.717, 1.165) is 42.4 Å². The van der Waals surface area contributed by atoms with Gasteiger partial charge in [0.2, 0.25) is 0 Å². The van der Waals surface area contributed by atoms with Crippen LogP contribution in [0.1, 0.15) is 28.7 Å². The number of hydrogen-bond donors (Lipinski definition) is 0. The number of ether oxygens (including phenoxy) is 1. The van der Waals surface area contributed by atoms with Crippen molar-refractivity contribution in [3.05, 3.63) is 40.7 Å². The molecule has 1 unspecified atom stereocenters. The Balaban J connectivity index is 1.79. The van der Waals surface area contributed by atoms with Gasteiger partial charge in [-0.3, -0.25) is 4.79 Å². The van der Waals surface area contributed by atoms with E-state index in [1.165, 1.54) is 23.5 Å². The predicted molar refractivity (Wildman–Crippen MR) is 92.7 cm³/mol. The van der Waals surface area contributed by atoms with Gasteiger partial charge in [0.15, 0.2) is 0 Å². The van der Waals surface area contributed by atoms with Gasteiger partial charge in [-0.2, -0.15) is 0 Å². The molecular weight excluding hydrogens is 327 g/mol. The topological polar surface area (TPSA) is 42.4 Å². The molecule has 0 spiro atoms. The maximum atomic E-state index is 13.1. The van der Waals surface area contributed by atoms with Gasteiger partial charge in [0.1, 0.15) is 15.7 Å². The average molecular weight is 348 g/mol. The molecular formula is C18H21FN2O2S. The molecule has 3 rings (SSSR count). The van der Waals surface area contributed by atoms with Crippen molar-refractivity contribution < 1.29 is 13.9 Å². The lowest BCUT2D eigenvalue weighted by molar-refractivity contribution is 0.0734. The fourth-order valence-corrected chi connectivity index (χ4v) is 3.89. The first-order chi connectivity index (χ1) is 11.6. The van der Waals surface area contributed by atoms with Crippen molar-refractivity contribution in [2.75, 3.05) is 26.3 Å². The third kappa shape index (κ3) is 3.65. The van der Waals surface area contributed by atoms with Crippen LogP contribution in [0.5, 0.6) is 0 Å². The smallest absolute Gasteiger partial charge is 0.265 e. The molecule has 6 heteroatoms. The first-order valence-corrected chi connectivity index (χ1v) is 9.00. The number of amides is 1. The van der Waals surface area contributed by atoms with Gasteiger partial charge in [0, 0.05) is 31.2 Å². The van der Waals surface area contributed by atoms with Crippen LogP contribution in [-0.4, -0.2) is 42.1 Å². The lowest BCUT2D eigenvalue weighted by atomic mass is 10.1. The Morgan fingerprint density at radius 1 is 1.42 bits per heavy atom. The van der Waals surface area contributed by atoms with Crippen LogP contribution >= 0.6 is 11.3 Å². The van der Waals surface area contributed by atoms with E-state index < -0.39 is 0 Å². The van der Waals surface area contributed by atoms with Crippen molar-refractivity contribution in [3.63, 3.8) is 0 Å². The predicted octanol–water partition coefficient (Wildman–Crippen LogP) is 3.76. The quantitative estimate of drug-likeness (QED) is 0.826. The zero-order valence-corrected chi connectivity index (χ0v) is 14.7. The minimum absolute atomic E-state index is 0.0211. The van der Waals surface area contributed by atoms with Gasteiger partial charge < -0.3 is 9.64 Å². The maximum absolute atomic E-state index is 13.1. The molecule has 1 aromatic heterocycles. The van der Waals surface area contributed by atoms with Crippen LogP contribution < -0.4 is 0 Å². The number of halogens is 1. The molecule has 4 nitrogen and oxygen atoms in total. The summed E-state index contributed by atoms with van der Waals surface area (Å²) < 4.78 is 18.5. The molecule has 1 atom stereocenters. The summed E-state index contributed by atoms with van der Waals surface area (Å²) in [5.74, 6) is 0.158. The van der Waals surface area contributed by atoms with Crippen molar-refractivity contribution >= 4 is 17.2 Å². The Kier molecular flexibility index (Phi) is 5.26. The van der Waals surface area contributed by atoms with Gasteiger partial charge in [-0.05, 0) is 44.5 Å². The van der Waals surface area contributed by atoms with Crippen LogP contribution in [0, 0.1) is 18.7 Å². The molecule has 2 aromatic rings. The first kappa shape index (κ1) is 17.0. The molecule has 0 bridgehead atoms. The Hall–Kier alpha value is -1.79. The van der Waals surface area contributed by atoms with Gasteiger partial charge in [-0.1, -0.05) is 0 Å². The Labute approximate surface area is 145 Å². The fraction of sp³-hybridized carbons (Fsp3) is 0.444. The van der Waals surface area contributed by atoms with Crippen molar-refractivity contribution in [1.82, 2.24) is 9.88 Å². The molecule has 1 amide bonds. The monoisotopic (exact) mass is 348 g/mol. The minimum Gasteiger partial charge on any atom is -0.381 e. The summed E-state index contributed by atoms with van der Waals surface area (Å²) in [6.45, 7) is 6.74. The molecule has 0 saturated carbocycles. The number of carbonyl (C=O) groups is 1. The van der Waals surface area contributed by atoms with Gasteiger partial charge in [-0.25, -0.2) is 9.37 Å². The fourth-order valence-electron chi connectivity index (χ4n) is 2.85. The molecule has 0 radical (unpaired) electrons. The highest BCUT2D eigenvalue weighted by Gasteiger charge is 2.25. The lowest BCUT2D eigenvalue weighted by Gasteiger charge is -2.23. The normalized spacial score (nSPS) is 17.2. The second-order valence-corrected chi connectivity index (χ2v) is 7.01. The van der Waals surface area contributed by atoms with Crippen LogP contribution in [-0.2, 0) is 4.74 Å². The van der Waals surface area contributed by atoms with Gasteiger partial charge in [-0.15, -0.1) is 11.3 Å². The second kappa shape index (κ2) is 7.40. The summed E-state index contributed by atoms with van der Waals surface area (Å²) in [5.41, 5.74) is 1.56. The highest BCUT2D eigenvalue weighted by molar-refractivity contribution is 7.17. The molecule has 1 saturated heterocycles. The van der Waals surface area contributed by atoms with Gasteiger partial charge in [0.05, 0.1) is 12.3 Å². The molecule has 1 aromatic carbocycles. The van der Waals surface area contributed by atoms with Crippen LogP contribution in [0.3, 0.4) is 0 Å². The van der Waals surface area contributed by atoms with Crippen molar-refractivity contribution in [3.8, 4) is 10.6 Å². The van der Waals surface area contributed by atoms with E-state index in [2.05, 4.69) is 4.98 Å².